The number of benzene rings is 1. The van der Waals surface area contributed by atoms with Crippen molar-refractivity contribution < 1.29 is 4.74 Å². The zero-order chi connectivity index (χ0) is 14.8. The molecule has 1 aromatic carbocycles. The minimum Gasteiger partial charge on any atom is -0.488 e. The van der Waals surface area contributed by atoms with Crippen molar-refractivity contribution in [2.45, 2.75) is 30.1 Å². The number of nitrogens with two attached hydrogens (primary N) is 1. The molecule has 2 aromatic heterocycles. The van der Waals surface area contributed by atoms with Crippen LogP contribution in [0.2, 0.25) is 0 Å². The number of hydrogen-bond donors (Lipinski definition) is 2. The van der Waals surface area contributed by atoms with Gasteiger partial charge < -0.3 is 15.5 Å². The molecule has 0 unspecified atom stereocenters. The Morgan fingerprint density at radius 2 is 2.14 bits per heavy atom. The lowest BCUT2D eigenvalue weighted by molar-refractivity contribution is 0.234. The molecule has 3 N–H and O–H groups in total. The van der Waals surface area contributed by atoms with Crippen molar-refractivity contribution in [2.24, 2.45) is 0 Å². The molecule has 0 bridgehead atoms. The van der Waals surface area contributed by atoms with E-state index in [0.29, 0.717) is 5.69 Å². The molecule has 0 aliphatic carbocycles. The Morgan fingerprint density at radius 1 is 1.29 bits per heavy atom. The van der Waals surface area contributed by atoms with Gasteiger partial charge in [0.05, 0.1) is 17.1 Å². The second kappa shape index (κ2) is 5.65. The number of H-pyrrole nitrogens is 1. The molecule has 0 fully saturated rings. The molecule has 0 aliphatic heterocycles. The van der Waals surface area contributed by atoms with Crippen LogP contribution in [-0.2, 0) is 0 Å². The van der Waals surface area contributed by atoms with Crippen LogP contribution in [0.5, 0.6) is 5.75 Å². The maximum Gasteiger partial charge on any atom is 0.172 e. The van der Waals surface area contributed by atoms with Gasteiger partial charge in [-0.1, -0.05) is 0 Å². The van der Waals surface area contributed by atoms with Gasteiger partial charge in [0.25, 0.3) is 0 Å². The molecule has 6 heteroatoms. The summed E-state index contributed by atoms with van der Waals surface area (Å²) in [4.78, 5) is 12.1. The van der Waals surface area contributed by atoms with E-state index in [0.717, 1.165) is 27.0 Å². The van der Waals surface area contributed by atoms with Gasteiger partial charge in [-0.15, -0.1) is 0 Å². The highest BCUT2D eigenvalue weighted by atomic mass is 32.2. The fourth-order valence-electron chi connectivity index (χ4n) is 1.94. The van der Waals surface area contributed by atoms with Crippen molar-refractivity contribution in [3.05, 3.63) is 36.5 Å². The molecule has 0 radical (unpaired) electrons. The second-order valence-corrected chi connectivity index (χ2v) is 5.87. The van der Waals surface area contributed by atoms with Crippen molar-refractivity contribution in [3.8, 4) is 5.75 Å². The highest BCUT2D eigenvalue weighted by Gasteiger charge is 2.11. The van der Waals surface area contributed by atoms with E-state index in [1.807, 2.05) is 44.2 Å². The summed E-state index contributed by atoms with van der Waals surface area (Å²) in [6.07, 6.45) is 1.85. The number of nitrogens with zero attached hydrogens (tertiary/aromatic N) is 2. The normalized spacial score (nSPS) is 11.2. The SMILES string of the molecule is CC(C)Oc1cccnc1Sc1nc2ccc(N)cc2[nH]1. The Balaban J connectivity index is 1.91. The third-order valence-electron chi connectivity index (χ3n) is 2.78. The first-order valence-corrected chi connectivity index (χ1v) is 7.48. The summed E-state index contributed by atoms with van der Waals surface area (Å²) >= 11 is 1.44. The molecule has 0 saturated heterocycles. The van der Waals surface area contributed by atoms with E-state index in [4.69, 9.17) is 10.5 Å². The number of hydrogen-bond acceptors (Lipinski definition) is 5. The molecule has 0 atom stereocenters. The van der Waals surface area contributed by atoms with Crippen LogP contribution in [0.25, 0.3) is 11.0 Å². The van der Waals surface area contributed by atoms with Crippen LogP contribution in [0.4, 0.5) is 5.69 Å². The Hall–Kier alpha value is -2.21. The maximum absolute atomic E-state index is 5.78. The van der Waals surface area contributed by atoms with Crippen molar-refractivity contribution in [1.29, 1.82) is 0 Å². The molecule has 3 aromatic rings. The summed E-state index contributed by atoms with van der Waals surface area (Å²) in [5, 5.41) is 1.56. The number of imidazole rings is 1. The number of anilines is 1. The van der Waals surface area contributed by atoms with Crippen LogP contribution >= 0.6 is 11.8 Å². The Morgan fingerprint density at radius 3 is 2.95 bits per heavy atom. The van der Waals surface area contributed by atoms with Crippen LogP contribution in [0.1, 0.15) is 13.8 Å². The van der Waals surface area contributed by atoms with E-state index in [9.17, 15) is 0 Å². The van der Waals surface area contributed by atoms with Crippen molar-refractivity contribution in [1.82, 2.24) is 15.0 Å². The topological polar surface area (TPSA) is 76.8 Å². The van der Waals surface area contributed by atoms with Crippen LogP contribution in [-0.4, -0.2) is 21.1 Å². The molecule has 0 aliphatic rings. The molecular formula is C15H16N4OS. The van der Waals surface area contributed by atoms with E-state index < -0.39 is 0 Å². The number of ether oxygens (including phenoxy) is 1. The van der Waals surface area contributed by atoms with Crippen molar-refractivity contribution in [2.75, 3.05) is 5.73 Å². The predicted molar refractivity (Wildman–Crippen MR) is 84.6 cm³/mol. The summed E-state index contributed by atoms with van der Waals surface area (Å²) in [6, 6.07) is 9.38. The van der Waals surface area contributed by atoms with E-state index in [1.54, 1.807) is 6.20 Å². The summed E-state index contributed by atoms with van der Waals surface area (Å²) in [5.41, 5.74) is 8.29. The molecular weight excluding hydrogens is 284 g/mol. The lowest BCUT2D eigenvalue weighted by atomic mass is 10.3. The third-order valence-corrected chi connectivity index (χ3v) is 3.66. The Labute approximate surface area is 126 Å². The van der Waals surface area contributed by atoms with Crippen LogP contribution in [0.3, 0.4) is 0 Å². The van der Waals surface area contributed by atoms with Crippen LogP contribution < -0.4 is 10.5 Å². The number of nitrogen functional groups attached to an aromatic ring is 1. The predicted octanol–water partition coefficient (Wildman–Crippen LogP) is 3.48. The number of pyridine rings is 1. The monoisotopic (exact) mass is 300 g/mol. The standard InChI is InChI=1S/C15H16N4OS/c1-9(2)20-13-4-3-7-17-14(13)21-15-18-11-6-5-10(16)8-12(11)19-15/h3-9H,16H2,1-2H3,(H,18,19). The van der Waals surface area contributed by atoms with Gasteiger partial charge in [0.1, 0.15) is 5.03 Å². The van der Waals surface area contributed by atoms with E-state index in [-0.39, 0.29) is 6.10 Å². The third kappa shape index (κ3) is 3.11. The molecule has 3 rings (SSSR count). The molecule has 0 spiro atoms. The molecule has 2 heterocycles. The van der Waals surface area contributed by atoms with Gasteiger partial charge in [-0.2, -0.15) is 0 Å². The quantitative estimate of drug-likeness (QED) is 0.721. The Bertz CT molecular complexity index is 769. The first kappa shape index (κ1) is 13.8. The number of rotatable bonds is 4. The van der Waals surface area contributed by atoms with Gasteiger partial charge in [0.2, 0.25) is 0 Å². The average Bonchev–Trinajstić information content (AvgIpc) is 2.82. The lowest BCUT2D eigenvalue weighted by Crippen LogP contribution is -2.06. The molecule has 21 heavy (non-hydrogen) atoms. The van der Waals surface area contributed by atoms with Gasteiger partial charge in [-0.25, -0.2) is 9.97 Å². The van der Waals surface area contributed by atoms with Crippen molar-refractivity contribution in [3.63, 3.8) is 0 Å². The summed E-state index contributed by atoms with van der Waals surface area (Å²) < 4.78 is 5.77. The van der Waals surface area contributed by atoms with Gasteiger partial charge in [0, 0.05) is 11.9 Å². The van der Waals surface area contributed by atoms with E-state index in [1.165, 1.54) is 11.8 Å². The highest BCUT2D eigenvalue weighted by molar-refractivity contribution is 7.99. The summed E-state index contributed by atoms with van der Waals surface area (Å²) in [7, 11) is 0. The van der Waals surface area contributed by atoms with Gasteiger partial charge in [-0.3, -0.25) is 0 Å². The molecule has 5 nitrogen and oxygen atoms in total. The van der Waals surface area contributed by atoms with Gasteiger partial charge >= 0.3 is 0 Å². The summed E-state index contributed by atoms with van der Waals surface area (Å²) in [6.45, 7) is 3.98. The minimum atomic E-state index is 0.101. The van der Waals surface area contributed by atoms with Crippen molar-refractivity contribution >= 4 is 28.5 Å². The largest absolute Gasteiger partial charge is 0.488 e. The Kier molecular flexibility index (Phi) is 3.70. The smallest absolute Gasteiger partial charge is 0.172 e. The van der Waals surface area contributed by atoms with Crippen LogP contribution in [0.15, 0.2) is 46.7 Å². The number of nitrogens with one attached hydrogen (secondary N) is 1. The average molecular weight is 300 g/mol. The van der Waals surface area contributed by atoms with Gasteiger partial charge in [-0.05, 0) is 55.9 Å². The minimum absolute atomic E-state index is 0.101. The van der Waals surface area contributed by atoms with E-state index >= 15 is 0 Å². The fourth-order valence-corrected chi connectivity index (χ4v) is 2.76. The first-order valence-electron chi connectivity index (χ1n) is 6.66. The zero-order valence-electron chi connectivity index (χ0n) is 11.8. The molecule has 0 saturated carbocycles. The highest BCUT2D eigenvalue weighted by Crippen LogP contribution is 2.33. The lowest BCUT2D eigenvalue weighted by Gasteiger charge is -2.11. The number of fused-ring (bicyclic) bond motifs is 1. The molecule has 108 valence electrons. The zero-order valence-corrected chi connectivity index (χ0v) is 12.6. The molecule has 0 amide bonds. The fraction of sp³-hybridized carbons (Fsp3) is 0.200. The second-order valence-electron chi connectivity index (χ2n) is 4.89. The maximum atomic E-state index is 5.78. The van der Waals surface area contributed by atoms with E-state index in [2.05, 4.69) is 15.0 Å². The summed E-state index contributed by atoms with van der Waals surface area (Å²) in [5.74, 6) is 0.762. The number of aromatic amines is 1. The van der Waals surface area contributed by atoms with Gasteiger partial charge in [0.15, 0.2) is 10.9 Å². The number of aromatic nitrogens is 3. The first-order chi connectivity index (χ1) is 10.1. The van der Waals surface area contributed by atoms with Crippen LogP contribution in [0, 0.1) is 0 Å².